The molecule has 0 bridgehead atoms. The fourth-order valence-corrected chi connectivity index (χ4v) is 0.612. The molecule has 10 heavy (non-hydrogen) atoms. The van der Waals surface area contributed by atoms with Gasteiger partial charge in [-0.25, -0.2) is 0 Å². The Morgan fingerprint density at radius 1 is 1.90 bits per heavy atom. The molecule has 0 aliphatic carbocycles. The topological polar surface area (TPSA) is 81.1 Å². The number of amidine groups is 1. The Bertz CT molecular complexity index is 155. The standard InChI is InChI=1S/C4H8N4O2/c9-10-8-7-3-4-5-1-2-6-4/h3,8-9H,1-2H2,(H,5,6)/p-1. The van der Waals surface area contributed by atoms with Gasteiger partial charge in [0.2, 0.25) is 0 Å². The summed E-state index contributed by atoms with van der Waals surface area (Å²) in [6.07, 6.45) is 1.38. The molecule has 0 unspecified atom stereocenters. The molecule has 0 amide bonds. The van der Waals surface area contributed by atoms with E-state index in [1.807, 2.05) is 0 Å². The number of nitrogens with one attached hydrogen (secondary N) is 2. The third kappa shape index (κ3) is 2.00. The van der Waals surface area contributed by atoms with Crippen LogP contribution in [0.15, 0.2) is 10.1 Å². The van der Waals surface area contributed by atoms with Crippen LogP contribution in [-0.4, -0.2) is 25.1 Å². The molecule has 0 aromatic rings. The van der Waals surface area contributed by atoms with E-state index < -0.39 is 0 Å². The van der Waals surface area contributed by atoms with E-state index in [0.717, 1.165) is 13.1 Å². The van der Waals surface area contributed by atoms with Crippen LogP contribution >= 0.6 is 0 Å². The summed E-state index contributed by atoms with van der Waals surface area (Å²) in [6.45, 7) is 1.57. The van der Waals surface area contributed by atoms with Gasteiger partial charge in [0, 0.05) is 6.54 Å². The Morgan fingerprint density at radius 2 is 2.80 bits per heavy atom. The van der Waals surface area contributed by atoms with Gasteiger partial charge < -0.3 is 15.6 Å². The van der Waals surface area contributed by atoms with Crippen LogP contribution in [0.3, 0.4) is 0 Å². The van der Waals surface area contributed by atoms with Crippen molar-refractivity contribution in [1.82, 2.24) is 10.9 Å². The number of hydrazone groups is 1. The van der Waals surface area contributed by atoms with E-state index >= 15 is 0 Å². The highest BCUT2D eigenvalue weighted by atomic mass is 17.2. The molecule has 0 saturated heterocycles. The number of rotatable bonds is 3. The summed E-state index contributed by atoms with van der Waals surface area (Å²) in [6, 6.07) is 0. The first kappa shape index (κ1) is 6.97. The van der Waals surface area contributed by atoms with Crippen LogP contribution in [0, 0.1) is 0 Å². The van der Waals surface area contributed by atoms with E-state index in [-0.39, 0.29) is 0 Å². The maximum atomic E-state index is 9.32. The van der Waals surface area contributed by atoms with Crippen molar-refractivity contribution in [2.24, 2.45) is 10.1 Å². The highest BCUT2D eigenvalue weighted by Gasteiger charge is 1.98. The minimum atomic E-state index is 0.657. The van der Waals surface area contributed by atoms with E-state index in [2.05, 4.69) is 20.4 Å². The second-order valence-corrected chi connectivity index (χ2v) is 1.63. The monoisotopic (exact) mass is 143 g/mol. The number of hydrogen-bond acceptors (Lipinski definition) is 6. The molecule has 0 spiro atoms. The lowest BCUT2D eigenvalue weighted by Gasteiger charge is -2.00. The largest absolute Gasteiger partial charge is 0.697 e. The Labute approximate surface area is 57.5 Å². The van der Waals surface area contributed by atoms with Crippen molar-refractivity contribution >= 4 is 12.1 Å². The molecule has 6 nitrogen and oxygen atoms in total. The molecular formula is C4H7N4O2-. The SMILES string of the molecule is [O-]ONN=CC1=NCCN1. The lowest BCUT2D eigenvalue weighted by molar-refractivity contribution is -0.711. The van der Waals surface area contributed by atoms with Gasteiger partial charge in [-0.15, -0.1) is 0 Å². The normalized spacial score (nSPS) is 17.1. The molecule has 1 rings (SSSR count). The summed E-state index contributed by atoms with van der Waals surface area (Å²) < 4.78 is 0. The van der Waals surface area contributed by atoms with Crippen LogP contribution in [-0.2, 0) is 4.99 Å². The predicted molar refractivity (Wildman–Crippen MR) is 33.0 cm³/mol. The van der Waals surface area contributed by atoms with Crippen LogP contribution in [0.4, 0.5) is 0 Å². The first-order valence-corrected chi connectivity index (χ1v) is 2.78. The molecule has 0 saturated carbocycles. The third-order valence-electron chi connectivity index (χ3n) is 0.977. The van der Waals surface area contributed by atoms with Crippen molar-refractivity contribution in [2.75, 3.05) is 13.1 Å². The van der Waals surface area contributed by atoms with E-state index in [9.17, 15) is 5.26 Å². The van der Waals surface area contributed by atoms with Gasteiger partial charge in [-0.3, -0.25) is 4.99 Å². The minimum absolute atomic E-state index is 0.657. The molecule has 0 aromatic carbocycles. The molecule has 56 valence electrons. The van der Waals surface area contributed by atoms with Crippen molar-refractivity contribution in [3.05, 3.63) is 0 Å². The fraction of sp³-hybridized carbons (Fsp3) is 0.500. The van der Waals surface area contributed by atoms with Crippen LogP contribution < -0.4 is 16.2 Å². The molecule has 0 aromatic heterocycles. The van der Waals surface area contributed by atoms with E-state index in [0.29, 0.717) is 5.84 Å². The predicted octanol–water partition coefficient (Wildman–Crippen LogP) is -2.23. The van der Waals surface area contributed by atoms with Gasteiger partial charge in [0.15, 0.2) is 0 Å². The van der Waals surface area contributed by atoms with Crippen LogP contribution in [0.2, 0.25) is 0 Å². The van der Waals surface area contributed by atoms with Gasteiger partial charge in [0.25, 0.3) is 0 Å². The number of nitrogens with zero attached hydrogens (tertiary/aromatic N) is 2. The highest BCUT2D eigenvalue weighted by Crippen LogP contribution is 1.80. The molecule has 2 N–H and O–H groups in total. The minimum Gasteiger partial charge on any atom is -0.697 e. The van der Waals surface area contributed by atoms with Gasteiger partial charge in [-0.05, 0) is 0 Å². The zero-order chi connectivity index (χ0) is 7.23. The van der Waals surface area contributed by atoms with Crippen molar-refractivity contribution < 1.29 is 10.2 Å². The molecule has 0 fully saturated rings. The summed E-state index contributed by atoms with van der Waals surface area (Å²) in [4.78, 5) is 7.19. The Morgan fingerprint density at radius 3 is 3.40 bits per heavy atom. The lowest BCUT2D eigenvalue weighted by Crippen LogP contribution is -2.22. The maximum absolute atomic E-state index is 9.32. The van der Waals surface area contributed by atoms with Crippen molar-refractivity contribution in [2.45, 2.75) is 0 Å². The van der Waals surface area contributed by atoms with Gasteiger partial charge in [0.1, 0.15) is 5.84 Å². The van der Waals surface area contributed by atoms with E-state index in [4.69, 9.17) is 0 Å². The van der Waals surface area contributed by atoms with Crippen molar-refractivity contribution in [1.29, 1.82) is 0 Å². The average Bonchev–Trinajstić information content (AvgIpc) is 2.41. The number of hydrogen-bond donors (Lipinski definition) is 2. The Hall–Kier alpha value is -1.14. The average molecular weight is 143 g/mol. The summed E-state index contributed by atoms with van der Waals surface area (Å²) in [5.74, 6) is 0.657. The van der Waals surface area contributed by atoms with Crippen molar-refractivity contribution in [3.8, 4) is 0 Å². The van der Waals surface area contributed by atoms with E-state index in [1.165, 1.54) is 6.21 Å². The molecule has 1 aliphatic heterocycles. The quantitative estimate of drug-likeness (QED) is 0.266. The highest BCUT2D eigenvalue weighted by molar-refractivity contribution is 6.29. The summed E-state index contributed by atoms with van der Waals surface area (Å²) in [5.41, 5.74) is 1.77. The molecule has 0 atom stereocenters. The van der Waals surface area contributed by atoms with Gasteiger partial charge in [-0.2, -0.15) is 10.7 Å². The third-order valence-corrected chi connectivity index (χ3v) is 0.977. The lowest BCUT2D eigenvalue weighted by atomic mass is 10.6. The van der Waals surface area contributed by atoms with Crippen LogP contribution in [0.1, 0.15) is 0 Å². The fourth-order valence-electron chi connectivity index (χ4n) is 0.612. The van der Waals surface area contributed by atoms with Crippen LogP contribution in [0.5, 0.6) is 0 Å². The molecule has 1 heterocycles. The van der Waals surface area contributed by atoms with E-state index in [1.54, 1.807) is 5.59 Å². The molecular weight excluding hydrogens is 136 g/mol. The summed E-state index contributed by atoms with van der Waals surface area (Å²) >= 11 is 0. The molecule has 6 heteroatoms. The van der Waals surface area contributed by atoms with Crippen molar-refractivity contribution in [3.63, 3.8) is 0 Å². The maximum Gasteiger partial charge on any atom is 0.141 e. The van der Waals surface area contributed by atoms with Gasteiger partial charge >= 0.3 is 0 Å². The van der Waals surface area contributed by atoms with Crippen LogP contribution in [0.25, 0.3) is 0 Å². The second-order valence-electron chi connectivity index (χ2n) is 1.63. The zero-order valence-electron chi connectivity index (χ0n) is 5.20. The first-order chi connectivity index (χ1) is 4.93. The molecule has 0 radical (unpaired) electrons. The Kier molecular flexibility index (Phi) is 2.65. The van der Waals surface area contributed by atoms with Gasteiger partial charge in [-0.1, -0.05) is 0 Å². The number of aliphatic imine (C=N–C) groups is 1. The Balaban J connectivity index is 2.23. The first-order valence-electron chi connectivity index (χ1n) is 2.78. The smallest absolute Gasteiger partial charge is 0.141 e. The zero-order valence-corrected chi connectivity index (χ0v) is 5.20. The summed E-state index contributed by atoms with van der Waals surface area (Å²) in [7, 11) is 0. The summed E-state index contributed by atoms with van der Waals surface area (Å²) in [5, 5.41) is 15.6. The molecule has 1 aliphatic rings. The van der Waals surface area contributed by atoms with Gasteiger partial charge in [0.05, 0.1) is 12.8 Å². The second kappa shape index (κ2) is 3.80.